The van der Waals surface area contributed by atoms with Crippen LogP contribution in [0.3, 0.4) is 0 Å². The lowest BCUT2D eigenvalue weighted by atomic mass is 9.81. The molecule has 0 N–H and O–H groups in total. The van der Waals surface area contributed by atoms with E-state index >= 15 is 0 Å². The fourth-order valence-corrected chi connectivity index (χ4v) is 5.20. The lowest BCUT2D eigenvalue weighted by molar-refractivity contribution is 0.294. The highest BCUT2D eigenvalue weighted by Crippen LogP contribution is 2.50. The van der Waals surface area contributed by atoms with Crippen LogP contribution in [0.1, 0.15) is 34.0 Å². The number of ether oxygens (including phenoxy) is 3. The molecule has 1 aliphatic rings. The molecule has 0 fully saturated rings. The van der Waals surface area contributed by atoms with E-state index in [0.717, 1.165) is 50.3 Å². The first-order valence-electron chi connectivity index (χ1n) is 12.5. The topological polar surface area (TPSA) is 70.8 Å². The third-order valence-corrected chi connectivity index (χ3v) is 7.04. The second kappa shape index (κ2) is 8.88. The van der Waals surface area contributed by atoms with Gasteiger partial charge in [0.15, 0.2) is 11.5 Å². The third kappa shape index (κ3) is 3.63. The number of hydrogen-bond acceptors (Lipinski definition) is 6. The normalized spacial score (nSPS) is 14.1. The number of fused-ring (bicyclic) bond motifs is 6. The predicted octanol–water partition coefficient (Wildman–Crippen LogP) is 6.46. The van der Waals surface area contributed by atoms with Gasteiger partial charge in [0.2, 0.25) is 5.88 Å². The fraction of sp³-hybridized carbons (Fsp3) is 0.129. The second-order valence-electron chi connectivity index (χ2n) is 9.32. The van der Waals surface area contributed by atoms with Gasteiger partial charge in [0.25, 0.3) is 0 Å². The summed E-state index contributed by atoms with van der Waals surface area (Å²) in [6, 6.07) is 28.5. The van der Waals surface area contributed by atoms with Gasteiger partial charge in [-0.3, -0.25) is 0 Å². The second-order valence-corrected chi connectivity index (χ2v) is 9.32. The quantitative estimate of drug-likeness (QED) is 0.270. The predicted molar refractivity (Wildman–Crippen MR) is 144 cm³/mol. The Morgan fingerprint density at radius 3 is 2.55 bits per heavy atom. The van der Waals surface area contributed by atoms with Crippen molar-refractivity contribution >= 4 is 16.4 Å². The number of para-hydroxylation sites is 1. The van der Waals surface area contributed by atoms with E-state index in [4.69, 9.17) is 19.2 Å². The van der Waals surface area contributed by atoms with Crippen LogP contribution >= 0.6 is 0 Å². The van der Waals surface area contributed by atoms with Crippen molar-refractivity contribution in [3.63, 3.8) is 0 Å². The highest BCUT2D eigenvalue weighted by molar-refractivity contribution is 5.90. The number of benzene rings is 4. The number of rotatable bonds is 5. The van der Waals surface area contributed by atoms with Gasteiger partial charge in [0, 0.05) is 11.5 Å². The first kappa shape index (κ1) is 22.3. The van der Waals surface area contributed by atoms with Gasteiger partial charge in [-0.2, -0.15) is 0 Å². The average Bonchev–Trinajstić information content (AvgIpc) is 3.39. The Balaban J connectivity index is 1.40. The SMILES string of the molecule is COc1ccc([C@H]2c3c(ccc4ccccc34)Oc3ncn4nc(COc5ccccc5C)nc4c32)cc1. The summed E-state index contributed by atoms with van der Waals surface area (Å²) in [4.78, 5) is 9.57. The molecule has 7 nitrogen and oxygen atoms in total. The Bertz CT molecular complexity index is 1810. The van der Waals surface area contributed by atoms with Crippen LogP contribution in [0.2, 0.25) is 0 Å². The van der Waals surface area contributed by atoms with Crippen LogP contribution in [0.15, 0.2) is 91.3 Å². The molecular formula is C31H24N4O3. The highest BCUT2D eigenvalue weighted by Gasteiger charge is 2.34. The zero-order chi connectivity index (χ0) is 25.6. The Hall–Kier alpha value is -4.91. The molecule has 1 atom stereocenters. The summed E-state index contributed by atoms with van der Waals surface area (Å²) in [7, 11) is 1.67. The van der Waals surface area contributed by atoms with Gasteiger partial charge in [-0.1, -0.05) is 60.7 Å². The molecule has 0 amide bonds. The van der Waals surface area contributed by atoms with E-state index in [9.17, 15) is 0 Å². The molecule has 0 radical (unpaired) electrons. The maximum atomic E-state index is 6.40. The van der Waals surface area contributed by atoms with E-state index < -0.39 is 0 Å². The van der Waals surface area contributed by atoms with Gasteiger partial charge in [0.1, 0.15) is 30.2 Å². The largest absolute Gasteiger partial charge is 0.497 e. The maximum Gasteiger partial charge on any atom is 0.228 e. The summed E-state index contributed by atoms with van der Waals surface area (Å²) in [6.45, 7) is 2.26. The lowest BCUT2D eigenvalue weighted by Gasteiger charge is -2.29. The molecule has 38 heavy (non-hydrogen) atoms. The summed E-state index contributed by atoms with van der Waals surface area (Å²) >= 11 is 0. The van der Waals surface area contributed by atoms with Crippen LogP contribution in [0.25, 0.3) is 16.4 Å². The van der Waals surface area contributed by atoms with Crippen molar-refractivity contribution in [2.45, 2.75) is 19.4 Å². The average molecular weight is 501 g/mol. The Kier molecular flexibility index (Phi) is 5.21. The monoisotopic (exact) mass is 500 g/mol. The van der Waals surface area contributed by atoms with Gasteiger partial charge in [-0.25, -0.2) is 14.5 Å². The van der Waals surface area contributed by atoms with Crippen molar-refractivity contribution in [1.29, 1.82) is 0 Å². The summed E-state index contributed by atoms with van der Waals surface area (Å²) in [5.41, 5.74) is 4.79. The highest BCUT2D eigenvalue weighted by atomic mass is 16.5. The molecule has 0 saturated heterocycles. The van der Waals surface area contributed by atoms with Gasteiger partial charge < -0.3 is 14.2 Å². The molecule has 186 valence electrons. The number of aryl methyl sites for hydroxylation is 1. The number of nitrogens with zero attached hydrogens (tertiary/aromatic N) is 4. The van der Waals surface area contributed by atoms with Crippen molar-refractivity contribution in [2.24, 2.45) is 0 Å². The van der Waals surface area contributed by atoms with Gasteiger partial charge >= 0.3 is 0 Å². The Morgan fingerprint density at radius 1 is 0.895 bits per heavy atom. The number of hydrogen-bond donors (Lipinski definition) is 0. The van der Waals surface area contributed by atoms with Crippen molar-refractivity contribution in [2.75, 3.05) is 7.11 Å². The first-order chi connectivity index (χ1) is 18.7. The van der Waals surface area contributed by atoms with E-state index in [1.165, 1.54) is 0 Å². The molecular weight excluding hydrogens is 476 g/mol. The zero-order valence-corrected chi connectivity index (χ0v) is 21.0. The third-order valence-electron chi connectivity index (χ3n) is 7.04. The van der Waals surface area contributed by atoms with Crippen LogP contribution in [-0.4, -0.2) is 26.7 Å². The van der Waals surface area contributed by atoms with Crippen LogP contribution < -0.4 is 14.2 Å². The van der Waals surface area contributed by atoms with Gasteiger partial charge in [0.05, 0.1) is 12.7 Å². The molecule has 0 spiro atoms. The number of methoxy groups -OCH3 is 1. The van der Waals surface area contributed by atoms with Crippen LogP contribution in [0.4, 0.5) is 0 Å². The van der Waals surface area contributed by atoms with Crippen molar-refractivity contribution in [3.8, 4) is 23.1 Å². The molecule has 7 heteroatoms. The fourth-order valence-electron chi connectivity index (χ4n) is 5.20. The minimum atomic E-state index is -0.170. The Morgan fingerprint density at radius 2 is 1.71 bits per heavy atom. The van der Waals surface area contributed by atoms with Gasteiger partial charge in [-0.15, -0.1) is 5.10 Å². The molecule has 4 aromatic carbocycles. The maximum absolute atomic E-state index is 6.40. The summed E-state index contributed by atoms with van der Waals surface area (Å²) in [5, 5.41) is 6.95. The molecule has 3 heterocycles. The summed E-state index contributed by atoms with van der Waals surface area (Å²) in [6.07, 6.45) is 1.65. The molecule has 0 unspecified atom stereocenters. The van der Waals surface area contributed by atoms with Gasteiger partial charge in [-0.05, 0) is 53.1 Å². The molecule has 1 aliphatic heterocycles. The molecule has 2 aromatic heterocycles. The Labute approximate surface area is 219 Å². The van der Waals surface area contributed by atoms with E-state index in [0.29, 0.717) is 17.4 Å². The molecule has 7 rings (SSSR count). The molecule has 0 bridgehead atoms. The van der Waals surface area contributed by atoms with E-state index in [1.807, 2.05) is 55.5 Å². The summed E-state index contributed by atoms with van der Waals surface area (Å²) in [5.74, 6) is 3.33. The van der Waals surface area contributed by atoms with Crippen molar-refractivity contribution < 1.29 is 14.2 Å². The van der Waals surface area contributed by atoms with Crippen LogP contribution in [-0.2, 0) is 6.61 Å². The minimum absolute atomic E-state index is 0.170. The van der Waals surface area contributed by atoms with E-state index in [1.54, 1.807) is 18.0 Å². The van der Waals surface area contributed by atoms with E-state index in [-0.39, 0.29) is 12.5 Å². The van der Waals surface area contributed by atoms with Crippen LogP contribution in [0, 0.1) is 6.92 Å². The summed E-state index contributed by atoms with van der Waals surface area (Å²) < 4.78 is 19.6. The lowest BCUT2D eigenvalue weighted by Crippen LogP contribution is -2.15. The molecule has 0 aliphatic carbocycles. The molecule has 0 saturated carbocycles. The zero-order valence-electron chi connectivity index (χ0n) is 21.0. The van der Waals surface area contributed by atoms with Crippen molar-refractivity contribution in [1.82, 2.24) is 19.6 Å². The number of aromatic nitrogens is 4. The standard InChI is InChI=1S/C31H24N4O3/c1-19-7-3-6-10-24(19)37-17-26-33-30-29-27(21-11-14-22(36-2)15-12-21)28-23-9-5-4-8-20(23)13-16-25(28)38-31(29)32-18-35(30)34-26/h3-16,18,27H,17H2,1-2H3/t27-/m0/s1. The molecule has 6 aromatic rings. The van der Waals surface area contributed by atoms with Crippen LogP contribution in [0.5, 0.6) is 23.1 Å². The van der Waals surface area contributed by atoms with Crippen molar-refractivity contribution in [3.05, 3.63) is 119 Å². The smallest absolute Gasteiger partial charge is 0.228 e. The minimum Gasteiger partial charge on any atom is -0.497 e. The first-order valence-corrected chi connectivity index (χ1v) is 12.5. The van der Waals surface area contributed by atoms with E-state index in [2.05, 4.69) is 46.5 Å².